The summed E-state index contributed by atoms with van der Waals surface area (Å²) in [4.78, 5) is 25.8. The van der Waals surface area contributed by atoms with Gasteiger partial charge in [-0.25, -0.2) is 4.79 Å². The van der Waals surface area contributed by atoms with Crippen LogP contribution in [0.1, 0.15) is 18.4 Å². The standard InChI is InChI=1S/C21H23N3O4/c25-19(26)14-28-18-8-4-1-5-15(18)13-24-11-9-21(10-12-24)20(27)22-16-6-2-3-7-17(16)23-21/h1-8,23H,9-14H2,(H,22,27)(H,25,26). The Morgan fingerprint density at radius 1 is 1.07 bits per heavy atom. The van der Waals surface area contributed by atoms with Gasteiger partial charge in [0.05, 0.1) is 11.4 Å². The number of hydrogen-bond donors (Lipinski definition) is 3. The second-order valence-electron chi connectivity index (χ2n) is 7.27. The highest BCUT2D eigenvalue weighted by molar-refractivity contribution is 6.06. The lowest BCUT2D eigenvalue weighted by molar-refractivity contribution is -0.139. The molecule has 0 aliphatic carbocycles. The van der Waals surface area contributed by atoms with E-state index in [0.29, 0.717) is 25.1 Å². The van der Waals surface area contributed by atoms with Crippen molar-refractivity contribution in [2.24, 2.45) is 0 Å². The zero-order valence-electron chi connectivity index (χ0n) is 15.5. The molecule has 2 aromatic carbocycles. The lowest BCUT2D eigenvalue weighted by atomic mass is 9.84. The maximum atomic E-state index is 12.7. The Balaban J connectivity index is 1.42. The Kier molecular flexibility index (Phi) is 4.92. The highest BCUT2D eigenvalue weighted by Gasteiger charge is 2.44. The number of para-hydroxylation sites is 3. The van der Waals surface area contributed by atoms with Crippen molar-refractivity contribution in [3.8, 4) is 5.75 Å². The number of likely N-dealkylation sites (tertiary alicyclic amines) is 1. The summed E-state index contributed by atoms with van der Waals surface area (Å²) in [6.07, 6.45) is 1.40. The number of ether oxygens (including phenoxy) is 1. The third kappa shape index (κ3) is 3.66. The van der Waals surface area contributed by atoms with Crippen molar-refractivity contribution in [2.45, 2.75) is 24.9 Å². The van der Waals surface area contributed by atoms with Crippen LogP contribution in [0.3, 0.4) is 0 Å². The molecule has 1 saturated heterocycles. The molecule has 2 heterocycles. The molecule has 0 unspecified atom stereocenters. The fourth-order valence-corrected chi connectivity index (χ4v) is 3.86. The van der Waals surface area contributed by atoms with E-state index in [2.05, 4.69) is 15.5 Å². The molecule has 28 heavy (non-hydrogen) atoms. The van der Waals surface area contributed by atoms with Gasteiger partial charge in [-0.2, -0.15) is 0 Å². The van der Waals surface area contributed by atoms with Crippen LogP contribution < -0.4 is 15.4 Å². The first-order chi connectivity index (χ1) is 13.6. The molecule has 0 atom stereocenters. The lowest BCUT2D eigenvalue weighted by Gasteiger charge is -2.44. The summed E-state index contributed by atoms with van der Waals surface area (Å²) in [5.74, 6) is -0.381. The largest absolute Gasteiger partial charge is 0.482 e. The molecule has 1 fully saturated rings. The molecular formula is C21H23N3O4. The number of benzene rings is 2. The zero-order chi connectivity index (χ0) is 19.6. The Morgan fingerprint density at radius 3 is 2.50 bits per heavy atom. The third-order valence-electron chi connectivity index (χ3n) is 5.41. The van der Waals surface area contributed by atoms with Gasteiger partial charge in [0.15, 0.2) is 6.61 Å². The van der Waals surface area contributed by atoms with E-state index in [1.54, 1.807) is 6.07 Å². The van der Waals surface area contributed by atoms with E-state index < -0.39 is 11.5 Å². The van der Waals surface area contributed by atoms with Crippen molar-refractivity contribution in [1.29, 1.82) is 0 Å². The van der Waals surface area contributed by atoms with Gasteiger partial charge in [-0.15, -0.1) is 0 Å². The average molecular weight is 381 g/mol. The van der Waals surface area contributed by atoms with E-state index in [0.717, 1.165) is 30.0 Å². The number of carbonyl (C=O) groups excluding carboxylic acids is 1. The molecule has 2 aliphatic heterocycles. The molecule has 2 aromatic rings. The van der Waals surface area contributed by atoms with Crippen LogP contribution in [-0.2, 0) is 16.1 Å². The average Bonchev–Trinajstić information content (AvgIpc) is 2.70. The molecule has 4 rings (SSSR count). The van der Waals surface area contributed by atoms with Gasteiger partial charge in [0.2, 0.25) is 5.91 Å². The van der Waals surface area contributed by atoms with E-state index >= 15 is 0 Å². The molecule has 0 saturated carbocycles. The van der Waals surface area contributed by atoms with Gasteiger partial charge in [-0.1, -0.05) is 30.3 Å². The van der Waals surface area contributed by atoms with Crippen molar-refractivity contribution in [3.05, 3.63) is 54.1 Å². The Morgan fingerprint density at radius 2 is 1.75 bits per heavy atom. The number of anilines is 2. The predicted molar refractivity (Wildman–Crippen MR) is 106 cm³/mol. The van der Waals surface area contributed by atoms with E-state index in [4.69, 9.17) is 9.84 Å². The van der Waals surface area contributed by atoms with Gasteiger partial charge in [0.25, 0.3) is 0 Å². The number of rotatable bonds is 5. The second kappa shape index (κ2) is 7.52. The van der Waals surface area contributed by atoms with E-state index in [-0.39, 0.29) is 12.5 Å². The van der Waals surface area contributed by atoms with E-state index in [9.17, 15) is 9.59 Å². The first-order valence-electron chi connectivity index (χ1n) is 9.39. The molecule has 1 amide bonds. The third-order valence-corrected chi connectivity index (χ3v) is 5.41. The molecule has 1 spiro atoms. The normalized spacial score (nSPS) is 18.1. The van der Waals surface area contributed by atoms with Crippen LogP contribution in [0.4, 0.5) is 11.4 Å². The molecule has 7 nitrogen and oxygen atoms in total. The molecule has 0 aromatic heterocycles. The molecular weight excluding hydrogens is 358 g/mol. The summed E-state index contributed by atoms with van der Waals surface area (Å²) >= 11 is 0. The van der Waals surface area contributed by atoms with Gasteiger partial charge in [-0.3, -0.25) is 9.69 Å². The van der Waals surface area contributed by atoms with Crippen molar-refractivity contribution in [2.75, 3.05) is 30.3 Å². The molecule has 2 aliphatic rings. The van der Waals surface area contributed by atoms with Gasteiger partial charge >= 0.3 is 5.97 Å². The van der Waals surface area contributed by atoms with Crippen molar-refractivity contribution in [3.63, 3.8) is 0 Å². The Labute approximate surface area is 163 Å². The lowest BCUT2D eigenvalue weighted by Crippen LogP contribution is -2.58. The van der Waals surface area contributed by atoms with Gasteiger partial charge in [0, 0.05) is 25.2 Å². The summed E-state index contributed by atoms with van der Waals surface area (Å²) in [6, 6.07) is 15.2. The first-order valence-corrected chi connectivity index (χ1v) is 9.39. The van der Waals surface area contributed by atoms with Gasteiger partial charge in [-0.05, 0) is 31.0 Å². The van der Waals surface area contributed by atoms with Crippen LogP contribution in [0.2, 0.25) is 0 Å². The fraction of sp³-hybridized carbons (Fsp3) is 0.333. The number of carbonyl (C=O) groups is 2. The number of hydrogen-bond acceptors (Lipinski definition) is 5. The SMILES string of the molecule is O=C(O)COc1ccccc1CN1CCC2(CC1)Nc1ccccc1NC2=O. The number of carboxylic acid groups (broad SMARTS) is 1. The smallest absolute Gasteiger partial charge is 0.341 e. The summed E-state index contributed by atoms with van der Waals surface area (Å²) in [5, 5.41) is 15.3. The van der Waals surface area contributed by atoms with Gasteiger partial charge in [0.1, 0.15) is 11.3 Å². The number of piperidine rings is 1. The quantitative estimate of drug-likeness (QED) is 0.737. The molecule has 7 heteroatoms. The fourth-order valence-electron chi connectivity index (χ4n) is 3.86. The monoisotopic (exact) mass is 381 g/mol. The Hall–Kier alpha value is -3.06. The zero-order valence-corrected chi connectivity index (χ0v) is 15.5. The maximum Gasteiger partial charge on any atom is 0.341 e. The molecule has 146 valence electrons. The van der Waals surface area contributed by atoms with Gasteiger partial charge < -0.3 is 20.5 Å². The minimum Gasteiger partial charge on any atom is -0.482 e. The second-order valence-corrected chi connectivity index (χ2v) is 7.27. The molecule has 0 radical (unpaired) electrons. The van der Waals surface area contributed by atoms with Crippen LogP contribution in [0.5, 0.6) is 5.75 Å². The maximum absolute atomic E-state index is 12.7. The van der Waals surface area contributed by atoms with E-state index in [1.165, 1.54) is 0 Å². The summed E-state index contributed by atoms with van der Waals surface area (Å²) in [5.41, 5.74) is 2.16. The van der Waals surface area contributed by atoms with Crippen molar-refractivity contribution in [1.82, 2.24) is 4.90 Å². The van der Waals surface area contributed by atoms with Crippen molar-refractivity contribution < 1.29 is 19.4 Å². The number of fused-ring (bicyclic) bond motifs is 1. The topological polar surface area (TPSA) is 90.9 Å². The molecule has 3 N–H and O–H groups in total. The van der Waals surface area contributed by atoms with Crippen LogP contribution in [0.25, 0.3) is 0 Å². The number of carboxylic acids is 1. The highest BCUT2D eigenvalue weighted by atomic mass is 16.5. The minimum atomic E-state index is -0.996. The van der Waals surface area contributed by atoms with Crippen LogP contribution >= 0.6 is 0 Å². The number of nitrogens with zero attached hydrogens (tertiary/aromatic N) is 1. The minimum absolute atomic E-state index is 0.0241. The number of nitrogens with one attached hydrogen (secondary N) is 2. The summed E-state index contributed by atoms with van der Waals surface area (Å²) in [7, 11) is 0. The first kappa shape index (κ1) is 18.3. The summed E-state index contributed by atoms with van der Waals surface area (Å²) < 4.78 is 5.40. The predicted octanol–water partition coefficient (Wildman–Crippen LogP) is 2.55. The van der Waals surface area contributed by atoms with Crippen LogP contribution in [0, 0.1) is 0 Å². The molecule has 0 bridgehead atoms. The van der Waals surface area contributed by atoms with Crippen LogP contribution in [0.15, 0.2) is 48.5 Å². The van der Waals surface area contributed by atoms with Crippen molar-refractivity contribution >= 4 is 23.3 Å². The Bertz CT molecular complexity index is 891. The summed E-state index contributed by atoms with van der Waals surface area (Å²) in [6.45, 7) is 1.82. The number of aliphatic carboxylic acids is 1. The highest BCUT2D eigenvalue weighted by Crippen LogP contribution is 2.36. The van der Waals surface area contributed by atoms with Crippen LogP contribution in [-0.4, -0.2) is 47.1 Å². The van der Waals surface area contributed by atoms with E-state index in [1.807, 2.05) is 42.5 Å². The number of amides is 1.